The van der Waals surface area contributed by atoms with Crippen molar-refractivity contribution in [3.8, 4) is 0 Å². The predicted molar refractivity (Wildman–Crippen MR) is 59.1 cm³/mol. The molecular weight excluding hydrogens is 174 g/mol. The quantitative estimate of drug-likeness (QED) is 0.774. The molecule has 0 radical (unpaired) electrons. The van der Waals surface area contributed by atoms with E-state index in [1.807, 2.05) is 11.7 Å². The summed E-state index contributed by atoms with van der Waals surface area (Å²) in [5.74, 6) is 0.688. The Bertz CT molecular complexity index is 276. The molecule has 80 valence electrons. The van der Waals surface area contributed by atoms with Crippen LogP contribution < -0.4 is 5.73 Å². The highest BCUT2D eigenvalue weighted by Crippen LogP contribution is 2.10. The summed E-state index contributed by atoms with van der Waals surface area (Å²) < 4.78 is 1.99. The second-order valence-electron chi connectivity index (χ2n) is 4.24. The van der Waals surface area contributed by atoms with E-state index in [4.69, 9.17) is 5.73 Å². The van der Waals surface area contributed by atoms with Crippen molar-refractivity contribution >= 4 is 0 Å². The summed E-state index contributed by atoms with van der Waals surface area (Å²) in [6.45, 7) is 5.20. The number of aryl methyl sites for hydroxylation is 2. The molecule has 0 fully saturated rings. The molecule has 2 N–H and O–H groups in total. The lowest BCUT2D eigenvalue weighted by Gasteiger charge is -2.03. The van der Waals surface area contributed by atoms with Crippen molar-refractivity contribution in [2.24, 2.45) is 18.7 Å². The fourth-order valence-electron chi connectivity index (χ4n) is 1.59. The minimum Gasteiger partial charge on any atom is -0.330 e. The SMILES string of the molecule is CC(C)Cc1cc(CCCN)nn1C. The molecule has 3 nitrogen and oxygen atoms in total. The van der Waals surface area contributed by atoms with Gasteiger partial charge in [0.15, 0.2) is 0 Å². The molecule has 0 unspecified atom stereocenters. The maximum absolute atomic E-state index is 5.47. The smallest absolute Gasteiger partial charge is 0.0627 e. The normalized spacial score (nSPS) is 11.2. The van der Waals surface area contributed by atoms with Gasteiger partial charge in [0, 0.05) is 12.7 Å². The van der Waals surface area contributed by atoms with Gasteiger partial charge in [-0.05, 0) is 37.8 Å². The number of nitrogens with zero attached hydrogens (tertiary/aromatic N) is 2. The summed E-state index contributed by atoms with van der Waals surface area (Å²) in [6.07, 6.45) is 3.13. The monoisotopic (exact) mass is 195 g/mol. The Morgan fingerprint density at radius 3 is 2.79 bits per heavy atom. The number of hydrogen-bond donors (Lipinski definition) is 1. The largest absolute Gasteiger partial charge is 0.330 e. The third-order valence-corrected chi connectivity index (χ3v) is 2.28. The van der Waals surface area contributed by atoms with Crippen molar-refractivity contribution in [2.45, 2.75) is 33.1 Å². The van der Waals surface area contributed by atoms with Gasteiger partial charge in [-0.1, -0.05) is 13.8 Å². The van der Waals surface area contributed by atoms with E-state index in [9.17, 15) is 0 Å². The van der Waals surface area contributed by atoms with Crippen LogP contribution in [0.4, 0.5) is 0 Å². The molecule has 1 rings (SSSR count). The molecule has 0 aliphatic rings. The maximum Gasteiger partial charge on any atom is 0.0627 e. The van der Waals surface area contributed by atoms with Crippen LogP contribution in [0, 0.1) is 5.92 Å². The summed E-state index contributed by atoms with van der Waals surface area (Å²) in [6, 6.07) is 2.20. The molecule has 1 aromatic rings. The van der Waals surface area contributed by atoms with Crippen molar-refractivity contribution in [1.29, 1.82) is 0 Å². The zero-order valence-electron chi connectivity index (χ0n) is 9.45. The zero-order valence-corrected chi connectivity index (χ0v) is 9.45. The van der Waals surface area contributed by atoms with E-state index in [2.05, 4.69) is 25.0 Å². The number of rotatable bonds is 5. The van der Waals surface area contributed by atoms with Crippen LogP contribution in [0.1, 0.15) is 31.7 Å². The van der Waals surface area contributed by atoms with E-state index in [1.165, 1.54) is 11.4 Å². The first-order valence-electron chi connectivity index (χ1n) is 5.35. The van der Waals surface area contributed by atoms with Gasteiger partial charge in [-0.25, -0.2) is 0 Å². The van der Waals surface area contributed by atoms with Gasteiger partial charge in [0.1, 0.15) is 0 Å². The predicted octanol–water partition coefficient (Wildman–Crippen LogP) is 1.51. The van der Waals surface area contributed by atoms with Gasteiger partial charge < -0.3 is 5.73 Å². The summed E-state index contributed by atoms with van der Waals surface area (Å²) in [5, 5.41) is 4.46. The first kappa shape index (κ1) is 11.2. The summed E-state index contributed by atoms with van der Waals surface area (Å²) in [4.78, 5) is 0. The molecule has 0 aliphatic carbocycles. The summed E-state index contributed by atoms with van der Waals surface area (Å²) in [7, 11) is 2.02. The third-order valence-electron chi connectivity index (χ3n) is 2.28. The van der Waals surface area contributed by atoms with Gasteiger partial charge in [-0.2, -0.15) is 5.10 Å². The highest BCUT2D eigenvalue weighted by molar-refractivity contribution is 5.10. The van der Waals surface area contributed by atoms with Crippen molar-refractivity contribution in [2.75, 3.05) is 6.54 Å². The van der Waals surface area contributed by atoms with Crippen LogP contribution in [0.3, 0.4) is 0 Å². The van der Waals surface area contributed by atoms with Gasteiger partial charge in [-0.15, -0.1) is 0 Å². The Labute approximate surface area is 86.3 Å². The van der Waals surface area contributed by atoms with Crippen LogP contribution in [-0.2, 0) is 19.9 Å². The molecule has 1 aromatic heterocycles. The van der Waals surface area contributed by atoms with E-state index in [0.29, 0.717) is 5.92 Å². The molecule has 0 amide bonds. The Hall–Kier alpha value is -0.830. The van der Waals surface area contributed by atoms with Gasteiger partial charge in [0.05, 0.1) is 5.69 Å². The molecule has 0 spiro atoms. The van der Waals surface area contributed by atoms with E-state index in [1.54, 1.807) is 0 Å². The highest BCUT2D eigenvalue weighted by atomic mass is 15.3. The van der Waals surface area contributed by atoms with E-state index < -0.39 is 0 Å². The lowest BCUT2D eigenvalue weighted by molar-refractivity contribution is 0.593. The van der Waals surface area contributed by atoms with Crippen molar-refractivity contribution in [3.63, 3.8) is 0 Å². The molecular formula is C11H21N3. The number of aromatic nitrogens is 2. The first-order valence-corrected chi connectivity index (χ1v) is 5.35. The summed E-state index contributed by atoms with van der Waals surface area (Å²) in [5.41, 5.74) is 7.97. The Morgan fingerprint density at radius 2 is 2.21 bits per heavy atom. The minimum atomic E-state index is 0.688. The van der Waals surface area contributed by atoms with Crippen LogP contribution in [0.2, 0.25) is 0 Å². The molecule has 14 heavy (non-hydrogen) atoms. The number of hydrogen-bond acceptors (Lipinski definition) is 2. The Kier molecular flexibility index (Phi) is 4.14. The van der Waals surface area contributed by atoms with E-state index in [0.717, 1.165) is 25.8 Å². The van der Waals surface area contributed by atoms with Crippen LogP contribution in [0.15, 0.2) is 6.07 Å². The second kappa shape index (κ2) is 5.15. The van der Waals surface area contributed by atoms with E-state index in [-0.39, 0.29) is 0 Å². The first-order chi connectivity index (χ1) is 6.63. The Balaban J connectivity index is 2.62. The lowest BCUT2D eigenvalue weighted by Crippen LogP contribution is -2.02. The van der Waals surface area contributed by atoms with Crippen LogP contribution >= 0.6 is 0 Å². The average Bonchev–Trinajstić information content (AvgIpc) is 2.43. The minimum absolute atomic E-state index is 0.688. The molecule has 0 saturated carbocycles. The molecule has 1 heterocycles. The molecule has 0 aromatic carbocycles. The topological polar surface area (TPSA) is 43.8 Å². The highest BCUT2D eigenvalue weighted by Gasteiger charge is 2.06. The molecule has 0 aliphatic heterocycles. The summed E-state index contributed by atoms with van der Waals surface area (Å²) >= 11 is 0. The van der Waals surface area contributed by atoms with Crippen molar-refractivity contribution < 1.29 is 0 Å². The molecule has 3 heteroatoms. The Morgan fingerprint density at radius 1 is 1.50 bits per heavy atom. The molecule has 0 bridgehead atoms. The fraction of sp³-hybridized carbons (Fsp3) is 0.727. The van der Waals surface area contributed by atoms with Crippen LogP contribution in [-0.4, -0.2) is 16.3 Å². The zero-order chi connectivity index (χ0) is 10.6. The fourth-order valence-corrected chi connectivity index (χ4v) is 1.59. The van der Waals surface area contributed by atoms with Crippen LogP contribution in [0.5, 0.6) is 0 Å². The van der Waals surface area contributed by atoms with Gasteiger partial charge in [-0.3, -0.25) is 4.68 Å². The van der Waals surface area contributed by atoms with Crippen LogP contribution in [0.25, 0.3) is 0 Å². The lowest BCUT2D eigenvalue weighted by atomic mass is 10.1. The third kappa shape index (κ3) is 3.14. The molecule has 0 saturated heterocycles. The van der Waals surface area contributed by atoms with E-state index >= 15 is 0 Å². The maximum atomic E-state index is 5.47. The number of nitrogens with two attached hydrogens (primary N) is 1. The molecule has 0 atom stereocenters. The second-order valence-corrected chi connectivity index (χ2v) is 4.24. The van der Waals surface area contributed by atoms with Gasteiger partial charge in [0.2, 0.25) is 0 Å². The standard InChI is InChI=1S/C11H21N3/c1-9(2)7-11-8-10(5-4-6-12)13-14(11)3/h8-9H,4-7,12H2,1-3H3. The van der Waals surface area contributed by atoms with Gasteiger partial charge >= 0.3 is 0 Å². The van der Waals surface area contributed by atoms with Crippen molar-refractivity contribution in [3.05, 3.63) is 17.5 Å². The van der Waals surface area contributed by atoms with Crippen molar-refractivity contribution in [1.82, 2.24) is 9.78 Å². The average molecular weight is 195 g/mol. The van der Waals surface area contributed by atoms with Gasteiger partial charge in [0.25, 0.3) is 0 Å².